The Hall–Kier alpha value is -2.38. The number of fused-ring (bicyclic) bond motifs is 6. The van der Waals surface area contributed by atoms with Crippen LogP contribution in [0.25, 0.3) is 0 Å². The van der Waals surface area contributed by atoms with Crippen LogP contribution in [0.2, 0.25) is 0 Å². The second-order valence-electron chi connectivity index (χ2n) is 9.29. The first-order valence-corrected chi connectivity index (χ1v) is 12.9. The van der Waals surface area contributed by atoms with Crippen LogP contribution in [0.5, 0.6) is 0 Å². The molecule has 32 heavy (non-hydrogen) atoms. The summed E-state index contributed by atoms with van der Waals surface area (Å²) in [6.07, 6.45) is 7.66. The molecule has 2 fully saturated rings. The molecule has 2 saturated carbocycles. The van der Waals surface area contributed by atoms with Gasteiger partial charge < -0.3 is 5.32 Å². The van der Waals surface area contributed by atoms with Crippen LogP contribution in [-0.4, -0.2) is 20.7 Å². The van der Waals surface area contributed by atoms with Gasteiger partial charge in [-0.2, -0.15) is 0 Å². The third-order valence-corrected chi connectivity index (χ3v) is 10.2. The number of aromatic nitrogens is 2. The molecule has 6 rings (SSSR count). The minimum absolute atomic E-state index is 0.0391. The summed E-state index contributed by atoms with van der Waals surface area (Å²) >= 11 is 3.18. The van der Waals surface area contributed by atoms with E-state index >= 15 is 0 Å². The van der Waals surface area contributed by atoms with Crippen LogP contribution >= 0.6 is 23.1 Å². The smallest absolute Gasteiger partial charge is 0.308 e. The number of hydrogen-bond acceptors (Lipinski definition) is 5. The average molecular weight is 464 g/mol. The van der Waals surface area contributed by atoms with Crippen molar-refractivity contribution in [3.63, 3.8) is 0 Å². The van der Waals surface area contributed by atoms with E-state index in [2.05, 4.69) is 16.4 Å². The Morgan fingerprint density at radius 3 is 2.78 bits per heavy atom. The topological polar surface area (TPSA) is 64.0 Å². The van der Waals surface area contributed by atoms with Crippen molar-refractivity contribution in [1.29, 1.82) is 0 Å². The lowest BCUT2D eigenvalue weighted by Crippen LogP contribution is -2.34. The number of hydrogen-bond donors (Lipinski definition) is 1. The molecule has 1 aliphatic heterocycles. The Bertz CT molecular complexity index is 1220. The van der Waals surface area contributed by atoms with Gasteiger partial charge in [0.25, 0.3) is 0 Å². The van der Waals surface area contributed by atoms with Gasteiger partial charge in [-0.15, -0.1) is 11.8 Å². The summed E-state index contributed by atoms with van der Waals surface area (Å²) in [6.45, 7) is 2.07. The number of carbonyl (C=O) groups excluding carboxylic acids is 1. The summed E-state index contributed by atoms with van der Waals surface area (Å²) in [4.78, 5) is 31.4. The van der Waals surface area contributed by atoms with Crippen molar-refractivity contribution in [2.75, 3.05) is 5.32 Å². The molecule has 0 saturated heterocycles. The summed E-state index contributed by atoms with van der Waals surface area (Å²) in [5, 5.41) is 4.47. The molecule has 2 aromatic heterocycles. The van der Waals surface area contributed by atoms with Crippen molar-refractivity contribution < 1.29 is 4.79 Å². The summed E-state index contributed by atoms with van der Waals surface area (Å²) < 4.78 is 1.71. The van der Waals surface area contributed by atoms with Crippen LogP contribution in [0, 0.1) is 24.7 Å². The maximum absolute atomic E-state index is 13.1. The molecular weight excluding hydrogens is 438 g/mol. The minimum atomic E-state index is -0.162. The van der Waals surface area contributed by atoms with E-state index in [1.807, 2.05) is 61.4 Å². The molecule has 2 aliphatic carbocycles. The number of benzene rings is 1. The molecule has 0 spiro atoms. The zero-order chi connectivity index (χ0) is 21.8. The lowest BCUT2D eigenvalue weighted by atomic mass is 9.75. The van der Waals surface area contributed by atoms with Crippen molar-refractivity contribution in [3.05, 3.63) is 74.5 Å². The molecule has 5 nitrogen and oxygen atoms in total. The quantitative estimate of drug-likeness (QED) is 0.598. The number of aryl methyl sites for hydroxylation is 1. The number of nitrogens with zero attached hydrogens (tertiary/aromatic N) is 2. The van der Waals surface area contributed by atoms with E-state index in [0.29, 0.717) is 17.1 Å². The standard InChI is InChI=1S/C25H25N3O2S2/c1-14-4-8-18(9-5-14)27-19(29)13-28-24-23(32-25(28)30)21(17-3-2-10-26-12-17)20-15-6-7-16(11-15)22(20)31-24/h2-5,8-10,12,15-16,20-22H,6-7,11,13H2,1H3,(H,27,29)/t15?,16?,20?,21-,22?/m1/s1. The first kappa shape index (κ1) is 20.2. The number of amides is 1. The molecule has 1 aromatic carbocycles. The SMILES string of the molecule is Cc1ccc(NC(=O)Cn2c3c(sc2=O)[C@H](c2cccnc2)C2C4CCC(C4)C2S3)cc1. The summed E-state index contributed by atoms with van der Waals surface area (Å²) in [7, 11) is 0. The Labute approximate surface area is 195 Å². The first-order valence-electron chi connectivity index (χ1n) is 11.2. The maximum atomic E-state index is 13.1. The number of thiazole rings is 1. The Morgan fingerprint density at radius 1 is 1.19 bits per heavy atom. The van der Waals surface area contributed by atoms with Crippen molar-refractivity contribution in [1.82, 2.24) is 9.55 Å². The maximum Gasteiger partial charge on any atom is 0.308 e. The normalized spacial score (nSPS) is 27.7. The molecule has 1 amide bonds. The van der Waals surface area contributed by atoms with Crippen molar-refractivity contribution >= 4 is 34.7 Å². The highest BCUT2D eigenvalue weighted by Gasteiger charge is 2.55. The molecule has 4 unspecified atom stereocenters. The number of pyridine rings is 1. The minimum Gasteiger partial charge on any atom is -0.325 e. The number of anilines is 1. The van der Waals surface area contributed by atoms with Crippen LogP contribution in [-0.2, 0) is 11.3 Å². The fraction of sp³-hybridized carbons (Fsp3) is 0.400. The zero-order valence-corrected chi connectivity index (χ0v) is 19.5. The molecular formula is C25H25N3O2S2. The summed E-state index contributed by atoms with van der Waals surface area (Å²) in [5.74, 6) is 2.05. The van der Waals surface area contributed by atoms with Crippen molar-refractivity contribution in [3.8, 4) is 0 Å². The predicted molar refractivity (Wildman–Crippen MR) is 128 cm³/mol. The predicted octanol–water partition coefficient (Wildman–Crippen LogP) is 4.90. The molecule has 3 aliphatic rings. The van der Waals surface area contributed by atoms with Gasteiger partial charge in [0.05, 0.1) is 5.03 Å². The fourth-order valence-electron chi connectivity index (χ4n) is 6.00. The molecule has 3 aromatic rings. The third-order valence-electron chi connectivity index (χ3n) is 7.37. The van der Waals surface area contributed by atoms with Crippen LogP contribution in [0.4, 0.5) is 5.69 Å². The lowest BCUT2D eigenvalue weighted by Gasteiger charge is -2.40. The highest BCUT2D eigenvalue weighted by Crippen LogP contribution is 2.63. The van der Waals surface area contributed by atoms with E-state index in [9.17, 15) is 9.59 Å². The van der Waals surface area contributed by atoms with E-state index in [1.165, 1.54) is 36.2 Å². The van der Waals surface area contributed by atoms with Crippen molar-refractivity contribution in [2.45, 2.75) is 48.9 Å². The summed E-state index contributed by atoms with van der Waals surface area (Å²) in [5.41, 5.74) is 3.10. The van der Waals surface area contributed by atoms with Gasteiger partial charge in [0.1, 0.15) is 6.54 Å². The Morgan fingerprint density at radius 2 is 2.00 bits per heavy atom. The molecule has 1 N–H and O–H groups in total. The van der Waals surface area contributed by atoms with Gasteiger partial charge in [-0.25, -0.2) is 0 Å². The van der Waals surface area contributed by atoms with Crippen molar-refractivity contribution in [2.24, 2.45) is 17.8 Å². The Kier molecular flexibility index (Phi) is 4.99. The van der Waals surface area contributed by atoms with E-state index in [1.54, 1.807) is 4.57 Å². The van der Waals surface area contributed by atoms with Gasteiger partial charge in [-0.3, -0.25) is 19.1 Å². The van der Waals surface area contributed by atoms with Gasteiger partial charge in [-0.1, -0.05) is 35.1 Å². The third kappa shape index (κ3) is 3.33. The highest BCUT2D eigenvalue weighted by molar-refractivity contribution is 8.00. The van der Waals surface area contributed by atoms with Crippen LogP contribution in [0.1, 0.15) is 41.2 Å². The van der Waals surface area contributed by atoms with Crippen LogP contribution in [0.3, 0.4) is 0 Å². The molecule has 7 heteroatoms. The number of thioether (sulfide) groups is 1. The van der Waals surface area contributed by atoms with E-state index in [0.717, 1.165) is 27.1 Å². The van der Waals surface area contributed by atoms with E-state index in [4.69, 9.17) is 0 Å². The number of nitrogens with one attached hydrogen (secondary N) is 1. The molecule has 2 bridgehead atoms. The fourth-order valence-corrected chi connectivity index (χ4v) is 9.15. The molecule has 3 heterocycles. The van der Waals surface area contributed by atoms with Gasteiger partial charge in [0, 0.05) is 34.1 Å². The first-order chi connectivity index (χ1) is 15.6. The van der Waals surface area contributed by atoms with Gasteiger partial charge in [0.2, 0.25) is 5.91 Å². The average Bonchev–Trinajstić information content (AvgIpc) is 3.49. The van der Waals surface area contributed by atoms with Gasteiger partial charge in [-0.05, 0) is 67.7 Å². The lowest BCUT2D eigenvalue weighted by molar-refractivity contribution is -0.116. The molecule has 5 atom stereocenters. The van der Waals surface area contributed by atoms with Gasteiger partial charge >= 0.3 is 4.87 Å². The van der Waals surface area contributed by atoms with Gasteiger partial charge in [0.15, 0.2) is 0 Å². The van der Waals surface area contributed by atoms with Crippen LogP contribution < -0.4 is 10.2 Å². The highest BCUT2D eigenvalue weighted by atomic mass is 32.2. The Balaban J connectivity index is 1.35. The summed E-state index contributed by atoms with van der Waals surface area (Å²) in [6, 6.07) is 11.9. The van der Waals surface area contributed by atoms with E-state index < -0.39 is 0 Å². The second kappa shape index (κ2) is 7.89. The number of carbonyl (C=O) groups is 1. The number of rotatable bonds is 4. The second-order valence-corrected chi connectivity index (χ2v) is 11.5. The zero-order valence-electron chi connectivity index (χ0n) is 17.9. The monoisotopic (exact) mass is 463 g/mol. The molecule has 164 valence electrons. The molecule has 0 radical (unpaired) electrons. The van der Waals surface area contributed by atoms with E-state index in [-0.39, 0.29) is 23.2 Å². The van der Waals surface area contributed by atoms with Crippen LogP contribution in [0.15, 0.2) is 58.6 Å². The largest absolute Gasteiger partial charge is 0.325 e.